The number of amides is 1. The van der Waals surface area contributed by atoms with Crippen LogP contribution < -0.4 is 11.2 Å². The van der Waals surface area contributed by atoms with Crippen LogP contribution in [0, 0.1) is 6.92 Å². The molecule has 0 aliphatic heterocycles. The zero-order valence-electron chi connectivity index (χ0n) is 12.2. The number of aryl methyl sites for hydroxylation is 1. The van der Waals surface area contributed by atoms with E-state index in [1.165, 1.54) is 12.3 Å². The third kappa shape index (κ3) is 3.31. The van der Waals surface area contributed by atoms with Gasteiger partial charge in [-0.3, -0.25) is 9.59 Å². The van der Waals surface area contributed by atoms with Crippen LogP contribution in [0.3, 0.4) is 0 Å². The van der Waals surface area contributed by atoms with Gasteiger partial charge in [-0.15, -0.1) is 0 Å². The van der Waals surface area contributed by atoms with Gasteiger partial charge in [0.25, 0.3) is 5.91 Å². The normalized spacial score (nSPS) is 10.4. The number of para-hydroxylation sites is 1. The molecule has 0 bridgehead atoms. The summed E-state index contributed by atoms with van der Waals surface area (Å²) in [4.78, 5) is 28.9. The lowest BCUT2D eigenvalue weighted by molar-refractivity contribution is 0.0751. The van der Waals surface area contributed by atoms with Gasteiger partial charge in [0.1, 0.15) is 5.56 Å². The van der Waals surface area contributed by atoms with Crippen molar-refractivity contribution >= 4 is 11.6 Å². The van der Waals surface area contributed by atoms with E-state index >= 15 is 0 Å². The molecule has 5 nitrogen and oxygen atoms in total. The zero-order chi connectivity index (χ0) is 15.4. The third-order valence-electron chi connectivity index (χ3n) is 3.37. The molecule has 0 spiro atoms. The van der Waals surface area contributed by atoms with Crippen molar-refractivity contribution in [1.29, 1.82) is 0 Å². The summed E-state index contributed by atoms with van der Waals surface area (Å²) in [6.45, 7) is 4.53. The van der Waals surface area contributed by atoms with Crippen molar-refractivity contribution in [3.63, 3.8) is 0 Å². The highest BCUT2D eigenvalue weighted by Gasteiger charge is 2.18. The van der Waals surface area contributed by atoms with Crippen LogP contribution in [0.1, 0.15) is 28.5 Å². The molecule has 1 aromatic carbocycles. The Bertz CT molecular complexity index is 707. The topological polar surface area (TPSA) is 79.2 Å². The quantitative estimate of drug-likeness (QED) is 0.842. The van der Waals surface area contributed by atoms with Crippen molar-refractivity contribution < 1.29 is 4.79 Å². The lowest BCUT2D eigenvalue weighted by Crippen LogP contribution is -2.34. The Hall–Kier alpha value is -2.56. The Kier molecular flexibility index (Phi) is 4.42. The van der Waals surface area contributed by atoms with E-state index in [9.17, 15) is 9.59 Å². The number of benzene rings is 1. The third-order valence-corrected chi connectivity index (χ3v) is 3.37. The molecule has 0 saturated carbocycles. The van der Waals surface area contributed by atoms with E-state index in [1.807, 2.05) is 25.1 Å². The molecule has 0 aliphatic carbocycles. The molecule has 2 rings (SSSR count). The first-order valence-electron chi connectivity index (χ1n) is 6.85. The minimum Gasteiger partial charge on any atom is -0.398 e. The number of hydrogen-bond donors (Lipinski definition) is 2. The molecule has 2 aromatic rings. The molecule has 1 heterocycles. The first-order valence-corrected chi connectivity index (χ1v) is 6.85. The highest BCUT2D eigenvalue weighted by atomic mass is 16.2. The van der Waals surface area contributed by atoms with Gasteiger partial charge in [-0.2, -0.15) is 0 Å². The van der Waals surface area contributed by atoms with Crippen LogP contribution in [0.5, 0.6) is 0 Å². The number of rotatable bonds is 4. The van der Waals surface area contributed by atoms with Gasteiger partial charge in [-0.1, -0.05) is 18.2 Å². The van der Waals surface area contributed by atoms with Gasteiger partial charge in [-0.25, -0.2) is 0 Å². The number of pyridine rings is 1. The Labute approximate surface area is 123 Å². The number of aromatic nitrogens is 1. The number of nitrogens with two attached hydrogens (primary N) is 1. The van der Waals surface area contributed by atoms with Crippen LogP contribution in [0.25, 0.3) is 0 Å². The molecule has 0 radical (unpaired) electrons. The van der Waals surface area contributed by atoms with E-state index in [0.29, 0.717) is 18.8 Å². The number of nitrogens with one attached hydrogen (secondary N) is 1. The fraction of sp³-hybridized carbons (Fsp3) is 0.250. The Balaban J connectivity index is 2.27. The van der Waals surface area contributed by atoms with Gasteiger partial charge in [0.2, 0.25) is 0 Å². The Morgan fingerprint density at radius 1 is 1.33 bits per heavy atom. The van der Waals surface area contributed by atoms with Crippen molar-refractivity contribution in [2.75, 3.05) is 12.3 Å². The van der Waals surface area contributed by atoms with Crippen LogP contribution in [-0.4, -0.2) is 22.3 Å². The second-order valence-corrected chi connectivity index (χ2v) is 4.91. The lowest BCUT2D eigenvalue weighted by Gasteiger charge is -2.21. The molecule has 110 valence electrons. The van der Waals surface area contributed by atoms with E-state index in [2.05, 4.69) is 4.98 Å². The highest BCUT2D eigenvalue weighted by molar-refractivity contribution is 5.93. The summed E-state index contributed by atoms with van der Waals surface area (Å²) < 4.78 is 0. The van der Waals surface area contributed by atoms with Crippen LogP contribution in [0.4, 0.5) is 5.69 Å². The van der Waals surface area contributed by atoms with Crippen LogP contribution in [0.2, 0.25) is 0 Å². The van der Waals surface area contributed by atoms with Crippen molar-refractivity contribution in [1.82, 2.24) is 9.88 Å². The first-order chi connectivity index (χ1) is 10.0. The van der Waals surface area contributed by atoms with Gasteiger partial charge in [0.05, 0.1) is 0 Å². The standard InChI is InChI=1S/C16H19N3O2/c1-3-19(10-12-6-4-5-7-14(12)17)16(21)13-9-18-11(2)8-15(13)20/h4-9H,3,10,17H2,1-2H3,(H,18,20). The van der Waals surface area contributed by atoms with Crippen molar-refractivity contribution in [2.24, 2.45) is 0 Å². The van der Waals surface area contributed by atoms with Crippen LogP contribution >= 0.6 is 0 Å². The van der Waals surface area contributed by atoms with Crippen molar-refractivity contribution in [3.8, 4) is 0 Å². The Morgan fingerprint density at radius 3 is 2.67 bits per heavy atom. The summed E-state index contributed by atoms with van der Waals surface area (Å²) in [5.41, 5.74) is 8.03. The molecule has 21 heavy (non-hydrogen) atoms. The predicted molar refractivity (Wildman–Crippen MR) is 83.1 cm³/mol. The summed E-state index contributed by atoms with van der Waals surface area (Å²) in [5, 5.41) is 0. The number of nitrogen functional groups attached to an aromatic ring is 1. The van der Waals surface area contributed by atoms with E-state index in [1.54, 1.807) is 17.9 Å². The molecule has 0 saturated heterocycles. The van der Waals surface area contributed by atoms with Gasteiger partial charge in [0, 0.05) is 36.7 Å². The maximum atomic E-state index is 12.5. The van der Waals surface area contributed by atoms with E-state index in [-0.39, 0.29) is 16.9 Å². The van der Waals surface area contributed by atoms with Gasteiger partial charge < -0.3 is 15.6 Å². The SMILES string of the molecule is CCN(Cc1ccccc1N)C(=O)c1c[nH]c(C)cc1=O. The molecule has 3 N–H and O–H groups in total. The molecule has 1 amide bonds. The van der Waals surface area contributed by atoms with E-state index in [4.69, 9.17) is 5.73 Å². The minimum absolute atomic E-state index is 0.150. The first kappa shape index (κ1) is 14.8. The number of anilines is 1. The number of H-pyrrole nitrogens is 1. The average Bonchev–Trinajstić information content (AvgIpc) is 2.46. The smallest absolute Gasteiger partial charge is 0.259 e. The van der Waals surface area contributed by atoms with Crippen LogP contribution in [0.15, 0.2) is 41.3 Å². The van der Waals surface area contributed by atoms with Gasteiger partial charge in [-0.05, 0) is 25.5 Å². The number of carbonyl (C=O) groups is 1. The van der Waals surface area contributed by atoms with Crippen molar-refractivity contribution in [3.05, 3.63) is 63.6 Å². The Morgan fingerprint density at radius 2 is 2.05 bits per heavy atom. The summed E-state index contributed by atoms with van der Waals surface area (Å²) in [7, 11) is 0. The fourth-order valence-corrected chi connectivity index (χ4v) is 2.12. The summed E-state index contributed by atoms with van der Waals surface area (Å²) in [6.07, 6.45) is 1.47. The lowest BCUT2D eigenvalue weighted by atomic mass is 10.1. The monoisotopic (exact) mass is 285 g/mol. The maximum Gasteiger partial charge on any atom is 0.259 e. The zero-order valence-corrected chi connectivity index (χ0v) is 12.2. The molecule has 0 unspecified atom stereocenters. The molecule has 5 heteroatoms. The molecule has 0 atom stereocenters. The number of carbonyl (C=O) groups excluding carboxylic acids is 1. The molecule has 1 aromatic heterocycles. The fourth-order valence-electron chi connectivity index (χ4n) is 2.12. The van der Waals surface area contributed by atoms with Gasteiger partial charge in [0.15, 0.2) is 5.43 Å². The van der Waals surface area contributed by atoms with E-state index in [0.717, 1.165) is 11.3 Å². The second kappa shape index (κ2) is 6.26. The minimum atomic E-state index is -0.290. The molecular weight excluding hydrogens is 266 g/mol. The van der Waals surface area contributed by atoms with Gasteiger partial charge >= 0.3 is 0 Å². The number of aromatic amines is 1. The van der Waals surface area contributed by atoms with E-state index < -0.39 is 0 Å². The number of hydrogen-bond acceptors (Lipinski definition) is 3. The van der Waals surface area contributed by atoms with Crippen LogP contribution in [-0.2, 0) is 6.54 Å². The average molecular weight is 285 g/mol. The predicted octanol–water partition coefficient (Wildman–Crippen LogP) is 1.93. The second-order valence-electron chi connectivity index (χ2n) is 4.91. The molecule has 0 aliphatic rings. The summed E-state index contributed by atoms with van der Waals surface area (Å²) >= 11 is 0. The van der Waals surface area contributed by atoms with Crippen molar-refractivity contribution in [2.45, 2.75) is 20.4 Å². The summed E-state index contributed by atoms with van der Waals surface area (Å²) in [6, 6.07) is 8.83. The largest absolute Gasteiger partial charge is 0.398 e. The highest BCUT2D eigenvalue weighted by Crippen LogP contribution is 2.14. The molecular formula is C16H19N3O2. The summed E-state index contributed by atoms with van der Waals surface area (Å²) in [5.74, 6) is -0.290. The molecule has 0 fully saturated rings. The number of nitrogens with zero attached hydrogens (tertiary/aromatic N) is 1. The maximum absolute atomic E-state index is 12.5.